The fourth-order valence-electron chi connectivity index (χ4n) is 2.87. The van der Waals surface area contributed by atoms with Gasteiger partial charge in [0.1, 0.15) is 5.82 Å². The molecule has 2 aromatic rings. The summed E-state index contributed by atoms with van der Waals surface area (Å²) in [5, 5.41) is 0. The third-order valence-electron chi connectivity index (χ3n) is 4.41. The summed E-state index contributed by atoms with van der Waals surface area (Å²) in [7, 11) is 0. The number of hydrogen-bond acceptors (Lipinski definition) is 4. The first-order valence-corrected chi connectivity index (χ1v) is 10.2. The number of nitrogens with zero attached hydrogens (tertiary/aromatic N) is 3. The van der Waals surface area contributed by atoms with Crippen LogP contribution in [-0.2, 0) is 4.79 Å². The fourth-order valence-corrected chi connectivity index (χ4v) is 4.33. The van der Waals surface area contributed by atoms with Gasteiger partial charge in [-0.1, -0.05) is 22.0 Å². The van der Waals surface area contributed by atoms with Gasteiger partial charge in [0, 0.05) is 41.7 Å². The summed E-state index contributed by atoms with van der Waals surface area (Å²) in [5.41, 5.74) is 2.40. The second-order valence-electron chi connectivity index (χ2n) is 6.21. The van der Waals surface area contributed by atoms with E-state index < -0.39 is 0 Å². The van der Waals surface area contributed by atoms with Crippen LogP contribution >= 0.6 is 27.7 Å². The molecule has 0 saturated carbocycles. The molecule has 1 saturated heterocycles. The van der Waals surface area contributed by atoms with Gasteiger partial charge in [0.15, 0.2) is 0 Å². The van der Waals surface area contributed by atoms with E-state index in [0.29, 0.717) is 5.75 Å². The smallest absolute Gasteiger partial charge is 0.233 e. The van der Waals surface area contributed by atoms with E-state index in [-0.39, 0.29) is 5.91 Å². The molecule has 1 amide bonds. The van der Waals surface area contributed by atoms with E-state index in [9.17, 15) is 4.79 Å². The zero-order valence-electron chi connectivity index (χ0n) is 14.5. The number of benzene rings is 1. The second-order valence-corrected chi connectivity index (χ2v) is 8.08. The number of thioether (sulfide) groups is 1. The number of anilines is 1. The number of halogens is 1. The molecule has 1 fully saturated rings. The number of rotatable bonds is 4. The van der Waals surface area contributed by atoms with E-state index in [4.69, 9.17) is 0 Å². The maximum atomic E-state index is 12.5. The summed E-state index contributed by atoms with van der Waals surface area (Å²) in [6, 6.07) is 10.2. The van der Waals surface area contributed by atoms with Crippen molar-refractivity contribution in [2.75, 3.05) is 36.8 Å². The predicted molar refractivity (Wildman–Crippen MR) is 107 cm³/mol. The van der Waals surface area contributed by atoms with E-state index in [1.807, 2.05) is 29.3 Å². The largest absolute Gasteiger partial charge is 0.353 e. The number of aryl methyl sites for hydroxylation is 2. The summed E-state index contributed by atoms with van der Waals surface area (Å²) in [5.74, 6) is 1.70. The minimum absolute atomic E-state index is 0.214. The highest BCUT2D eigenvalue weighted by Crippen LogP contribution is 2.28. The quantitative estimate of drug-likeness (QED) is 0.703. The van der Waals surface area contributed by atoms with Crippen molar-refractivity contribution in [2.45, 2.75) is 18.7 Å². The van der Waals surface area contributed by atoms with E-state index >= 15 is 0 Å². The van der Waals surface area contributed by atoms with Gasteiger partial charge < -0.3 is 9.80 Å². The molecule has 0 aliphatic carbocycles. The van der Waals surface area contributed by atoms with Crippen LogP contribution in [0.15, 0.2) is 45.9 Å². The third kappa shape index (κ3) is 4.55. The number of pyridine rings is 1. The van der Waals surface area contributed by atoms with Crippen LogP contribution in [0, 0.1) is 13.8 Å². The molecule has 3 rings (SSSR count). The lowest BCUT2D eigenvalue weighted by Crippen LogP contribution is -2.49. The standard InChI is InChI=1S/C19H22BrN3OS/c1-14-12-17(15(2)11-16(14)20)25-13-19(24)23-9-7-22(8-10-23)18-5-3-4-6-21-18/h3-6,11-12H,7-10,13H2,1-2H3. The summed E-state index contributed by atoms with van der Waals surface area (Å²) in [6.07, 6.45) is 1.81. The van der Waals surface area contributed by atoms with E-state index in [2.05, 4.69) is 51.8 Å². The van der Waals surface area contributed by atoms with Gasteiger partial charge in [0.05, 0.1) is 5.75 Å². The van der Waals surface area contributed by atoms with Crippen LogP contribution in [-0.4, -0.2) is 47.7 Å². The molecule has 6 heteroatoms. The first-order valence-electron chi connectivity index (χ1n) is 8.38. The van der Waals surface area contributed by atoms with Crippen molar-refractivity contribution in [3.8, 4) is 0 Å². The van der Waals surface area contributed by atoms with Gasteiger partial charge in [-0.15, -0.1) is 11.8 Å². The Balaban J connectivity index is 1.52. The van der Waals surface area contributed by atoms with Gasteiger partial charge >= 0.3 is 0 Å². The summed E-state index contributed by atoms with van der Waals surface area (Å²) in [6.45, 7) is 7.35. The molecule has 2 heterocycles. The van der Waals surface area contributed by atoms with Crippen LogP contribution < -0.4 is 4.90 Å². The van der Waals surface area contributed by atoms with Crippen LogP contribution in [0.2, 0.25) is 0 Å². The lowest BCUT2D eigenvalue weighted by molar-refractivity contribution is -0.128. The van der Waals surface area contributed by atoms with Crippen molar-refractivity contribution in [2.24, 2.45) is 0 Å². The Kier molecular flexibility index (Phi) is 6.02. The average Bonchev–Trinajstić information content (AvgIpc) is 2.64. The number of carbonyl (C=O) groups excluding carboxylic acids is 1. The van der Waals surface area contributed by atoms with E-state index in [1.165, 1.54) is 16.0 Å². The van der Waals surface area contributed by atoms with E-state index in [1.54, 1.807) is 11.8 Å². The SMILES string of the molecule is Cc1cc(SCC(=O)N2CCN(c3ccccn3)CC2)c(C)cc1Br. The lowest BCUT2D eigenvalue weighted by atomic mass is 10.2. The lowest BCUT2D eigenvalue weighted by Gasteiger charge is -2.35. The highest BCUT2D eigenvalue weighted by atomic mass is 79.9. The number of carbonyl (C=O) groups is 1. The van der Waals surface area contributed by atoms with Crippen molar-refractivity contribution >= 4 is 39.4 Å². The molecule has 25 heavy (non-hydrogen) atoms. The molecule has 0 spiro atoms. The number of aromatic nitrogens is 1. The van der Waals surface area contributed by atoms with Gasteiger partial charge in [-0.25, -0.2) is 4.98 Å². The molecular formula is C19H22BrN3OS. The molecular weight excluding hydrogens is 398 g/mol. The highest BCUT2D eigenvalue weighted by Gasteiger charge is 2.21. The van der Waals surface area contributed by atoms with Gasteiger partial charge in [0.25, 0.3) is 0 Å². The number of piperazine rings is 1. The topological polar surface area (TPSA) is 36.4 Å². The molecule has 0 N–H and O–H groups in total. The molecule has 1 aromatic carbocycles. The monoisotopic (exact) mass is 419 g/mol. The third-order valence-corrected chi connectivity index (χ3v) is 6.41. The predicted octanol–water partition coefficient (Wildman–Crippen LogP) is 3.90. The van der Waals surface area contributed by atoms with Crippen LogP contribution in [0.25, 0.3) is 0 Å². The fraction of sp³-hybridized carbons (Fsp3) is 0.368. The van der Waals surface area contributed by atoms with E-state index in [0.717, 1.165) is 36.5 Å². The van der Waals surface area contributed by atoms with Gasteiger partial charge in [0.2, 0.25) is 5.91 Å². The molecule has 1 aliphatic rings. The Morgan fingerprint density at radius 3 is 2.60 bits per heavy atom. The Morgan fingerprint density at radius 1 is 1.16 bits per heavy atom. The van der Waals surface area contributed by atoms with Crippen molar-refractivity contribution in [3.63, 3.8) is 0 Å². The first kappa shape index (κ1) is 18.3. The number of hydrogen-bond donors (Lipinski definition) is 0. The Hall–Kier alpha value is -1.53. The Labute approximate surface area is 161 Å². The summed E-state index contributed by atoms with van der Waals surface area (Å²) < 4.78 is 1.12. The molecule has 0 atom stereocenters. The van der Waals surface area contributed by atoms with Crippen LogP contribution in [0.4, 0.5) is 5.82 Å². The first-order chi connectivity index (χ1) is 12.0. The van der Waals surface area contributed by atoms with Gasteiger partial charge in [-0.2, -0.15) is 0 Å². The van der Waals surface area contributed by atoms with Crippen molar-refractivity contribution in [1.82, 2.24) is 9.88 Å². The molecule has 0 bridgehead atoms. The molecule has 0 unspecified atom stereocenters. The van der Waals surface area contributed by atoms with Crippen molar-refractivity contribution in [1.29, 1.82) is 0 Å². The van der Waals surface area contributed by atoms with Crippen LogP contribution in [0.1, 0.15) is 11.1 Å². The molecule has 132 valence electrons. The van der Waals surface area contributed by atoms with Crippen molar-refractivity contribution < 1.29 is 4.79 Å². The van der Waals surface area contributed by atoms with Crippen LogP contribution in [0.3, 0.4) is 0 Å². The minimum Gasteiger partial charge on any atom is -0.353 e. The molecule has 1 aromatic heterocycles. The van der Waals surface area contributed by atoms with Gasteiger partial charge in [-0.3, -0.25) is 4.79 Å². The zero-order chi connectivity index (χ0) is 17.8. The number of amides is 1. The summed E-state index contributed by atoms with van der Waals surface area (Å²) in [4.78, 5) is 22.3. The van der Waals surface area contributed by atoms with Gasteiger partial charge in [-0.05, 0) is 49.2 Å². The maximum absolute atomic E-state index is 12.5. The second kappa shape index (κ2) is 8.23. The minimum atomic E-state index is 0.214. The average molecular weight is 420 g/mol. The normalized spacial score (nSPS) is 14.7. The maximum Gasteiger partial charge on any atom is 0.233 e. The summed E-state index contributed by atoms with van der Waals surface area (Å²) >= 11 is 5.18. The highest BCUT2D eigenvalue weighted by molar-refractivity contribution is 9.10. The van der Waals surface area contributed by atoms with Crippen molar-refractivity contribution in [3.05, 3.63) is 52.1 Å². The van der Waals surface area contributed by atoms with Crippen LogP contribution in [0.5, 0.6) is 0 Å². The molecule has 0 radical (unpaired) electrons. The molecule has 1 aliphatic heterocycles. The zero-order valence-corrected chi connectivity index (χ0v) is 16.9. The Morgan fingerprint density at radius 2 is 1.92 bits per heavy atom. The molecule has 4 nitrogen and oxygen atoms in total. The Bertz CT molecular complexity index is 746.